The van der Waals surface area contributed by atoms with Crippen LogP contribution in [0.3, 0.4) is 0 Å². The van der Waals surface area contributed by atoms with Crippen LogP contribution in [0.25, 0.3) is 10.9 Å². The third kappa shape index (κ3) is 1.79. The minimum absolute atomic E-state index is 0.0867. The Hall–Kier alpha value is -1.96. The van der Waals surface area contributed by atoms with Gasteiger partial charge in [0.2, 0.25) is 0 Å². The number of nitrogens with zero attached hydrogens (tertiary/aromatic N) is 1. The molecule has 0 saturated heterocycles. The van der Waals surface area contributed by atoms with Crippen LogP contribution in [0.4, 0.5) is 0 Å². The Bertz CT molecular complexity index is 511. The van der Waals surface area contributed by atoms with Crippen LogP contribution >= 0.6 is 0 Å². The number of carbonyl (C=O) groups is 1. The van der Waals surface area contributed by atoms with Gasteiger partial charge in [0.05, 0.1) is 5.52 Å². The summed E-state index contributed by atoms with van der Waals surface area (Å²) in [6, 6.07) is 9.34. The summed E-state index contributed by atoms with van der Waals surface area (Å²) in [6.07, 6.45) is 3.72. The molecule has 0 atom stereocenters. The summed E-state index contributed by atoms with van der Waals surface area (Å²) < 4.78 is 0. The largest absolute Gasteiger partial charge is 0.294 e. The van der Waals surface area contributed by atoms with E-state index in [0.29, 0.717) is 6.42 Å². The van der Waals surface area contributed by atoms with Crippen LogP contribution < -0.4 is 0 Å². The summed E-state index contributed by atoms with van der Waals surface area (Å²) in [6.45, 7) is 3.57. The summed E-state index contributed by atoms with van der Waals surface area (Å²) in [4.78, 5) is 16.0. The molecule has 0 amide bonds. The average molecular weight is 197 g/mol. The third-order valence-electron chi connectivity index (χ3n) is 2.28. The molecule has 0 fully saturated rings. The van der Waals surface area contributed by atoms with E-state index in [1.54, 1.807) is 12.3 Å². The topological polar surface area (TPSA) is 30.0 Å². The number of fused-ring (bicyclic) bond motifs is 1. The Kier molecular flexibility index (Phi) is 2.59. The highest BCUT2D eigenvalue weighted by atomic mass is 16.1. The molecule has 0 N–H and O–H groups in total. The summed E-state index contributed by atoms with van der Waals surface area (Å²) in [7, 11) is 0. The first-order chi connectivity index (χ1) is 7.33. The molecule has 0 aliphatic carbocycles. The molecule has 74 valence electrons. The van der Waals surface area contributed by atoms with E-state index in [1.165, 1.54) is 0 Å². The lowest BCUT2D eigenvalue weighted by atomic mass is 10.0. The molecule has 2 nitrogen and oxygen atoms in total. The monoisotopic (exact) mass is 197 g/mol. The highest BCUT2D eigenvalue weighted by Gasteiger charge is 2.07. The van der Waals surface area contributed by atoms with Gasteiger partial charge in [-0.1, -0.05) is 24.3 Å². The van der Waals surface area contributed by atoms with Crippen molar-refractivity contribution in [2.45, 2.75) is 6.42 Å². The number of ketones is 1. The fourth-order valence-corrected chi connectivity index (χ4v) is 1.59. The molecule has 0 spiro atoms. The number of allylic oxidation sites excluding steroid dienone is 1. The molecule has 0 saturated carbocycles. The van der Waals surface area contributed by atoms with Crippen molar-refractivity contribution in [3.05, 3.63) is 54.7 Å². The molecule has 1 aromatic heterocycles. The third-order valence-corrected chi connectivity index (χ3v) is 2.28. The van der Waals surface area contributed by atoms with E-state index in [2.05, 4.69) is 11.6 Å². The van der Waals surface area contributed by atoms with E-state index in [-0.39, 0.29) is 5.78 Å². The van der Waals surface area contributed by atoms with Crippen LogP contribution in [0.2, 0.25) is 0 Å². The molecule has 1 aromatic carbocycles. The SMILES string of the molecule is C=CCC(=O)c1cccc2ncccc12. The van der Waals surface area contributed by atoms with Crippen molar-refractivity contribution < 1.29 is 4.79 Å². The van der Waals surface area contributed by atoms with Crippen LogP contribution in [-0.2, 0) is 0 Å². The Morgan fingerprint density at radius 2 is 2.20 bits per heavy atom. The van der Waals surface area contributed by atoms with Crippen LogP contribution in [0.5, 0.6) is 0 Å². The Labute approximate surface area is 88.3 Å². The summed E-state index contributed by atoms with van der Waals surface area (Å²) in [5.74, 6) is 0.0867. The first kappa shape index (κ1) is 9.59. The number of hydrogen-bond donors (Lipinski definition) is 0. The Morgan fingerprint density at radius 1 is 1.33 bits per heavy atom. The Balaban J connectivity index is 2.60. The van der Waals surface area contributed by atoms with Crippen molar-refractivity contribution in [2.24, 2.45) is 0 Å². The van der Waals surface area contributed by atoms with Gasteiger partial charge < -0.3 is 0 Å². The van der Waals surface area contributed by atoms with Crippen molar-refractivity contribution in [3.63, 3.8) is 0 Å². The van der Waals surface area contributed by atoms with Crippen LogP contribution in [0, 0.1) is 0 Å². The van der Waals surface area contributed by atoms with Gasteiger partial charge in [0.25, 0.3) is 0 Å². The van der Waals surface area contributed by atoms with Gasteiger partial charge in [-0.2, -0.15) is 0 Å². The first-order valence-corrected chi connectivity index (χ1v) is 4.81. The van der Waals surface area contributed by atoms with E-state index in [1.807, 2.05) is 30.3 Å². The summed E-state index contributed by atoms with van der Waals surface area (Å²) >= 11 is 0. The van der Waals surface area contributed by atoms with Crippen LogP contribution in [0.1, 0.15) is 16.8 Å². The van der Waals surface area contributed by atoms with E-state index in [9.17, 15) is 4.79 Å². The minimum atomic E-state index is 0.0867. The molecule has 0 aliphatic rings. The number of rotatable bonds is 3. The predicted octanol–water partition coefficient (Wildman–Crippen LogP) is 2.99. The maximum Gasteiger partial charge on any atom is 0.167 e. The average Bonchev–Trinajstić information content (AvgIpc) is 2.28. The minimum Gasteiger partial charge on any atom is -0.294 e. The quantitative estimate of drug-likeness (QED) is 0.559. The molecule has 0 unspecified atom stereocenters. The molecule has 2 rings (SSSR count). The number of benzene rings is 1. The van der Waals surface area contributed by atoms with Gasteiger partial charge in [-0.15, -0.1) is 6.58 Å². The van der Waals surface area contributed by atoms with Crippen molar-refractivity contribution >= 4 is 16.7 Å². The smallest absolute Gasteiger partial charge is 0.167 e. The lowest BCUT2D eigenvalue weighted by molar-refractivity contribution is 0.0997. The molecule has 15 heavy (non-hydrogen) atoms. The zero-order valence-corrected chi connectivity index (χ0v) is 8.31. The van der Waals surface area contributed by atoms with Crippen molar-refractivity contribution in [1.82, 2.24) is 4.98 Å². The second kappa shape index (κ2) is 4.05. The molecule has 1 heterocycles. The fourth-order valence-electron chi connectivity index (χ4n) is 1.59. The van der Waals surface area contributed by atoms with Gasteiger partial charge in [-0.05, 0) is 12.1 Å². The van der Waals surface area contributed by atoms with Crippen LogP contribution in [-0.4, -0.2) is 10.8 Å². The second-order valence-electron chi connectivity index (χ2n) is 3.29. The molecule has 2 heteroatoms. The van der Waals surface area contributed by atoms with Gasteiger partial charge in [0, 0.05) is 23.6 Å². The van der Waals surface area contributed by atoms with Crippen molar-refractivity contribution in [1.29, 1.82) is 0 Å². The maximum absolute atomic E-state index is 11.8. The van der Waals surface area contributed by atoms with Crippen molar-refractivity contribution in [2.75, 3.05) is 0 Å². The van der Waals surface area contributed by atoms with Crippen LogP contribution in [0.15, 0.2) is 49.2 Å². The number of Topliss-reactive ketones (excluding diaryl/α,β-unsaturated/α-hetero) is 1. The standard InChI is InChI=1S/C13H11NO/c1-2-5-13(15)11-6-3-8-12-10(11)7-4-9-14-12/h2-4,6-9H,1,5H2. The molecular formula is C13H11NO. The number of aromatic nitrogens is 1. The number of carbonyl (C=O) groups excluding carboxylic acids is 1. The summed E-state index contributed by atoms with van der Waals surface area (Å²) in [5, 5.41) is 0.909. The first-order valence-electron chi connectivity index (χ1n) is 4.81. The lowest BCUT2D eigenvalue weighted by Gasteiger charge is -2.02. The van der Waals surface area contributed by atoms with Crippen molar-refractivity contribution in [3.8, 4) is 0 Å². The molecule has 0 radical (unpaired) electrons. The van der Waals surface area contributed by atoms with E-state index < -0.39 is 0 Å². The summed E-state index contributed by atoms with van der Waals surface area (Å²) in [5.41, 5.74) is 1.58. The van der Waals surface area contributed by atoms with E-state index in [4.69, 9.17) is 0 Å². The Morgan fingerprint density at radius 3 is 3.00 bits per heavy atom. The van der Waals surface area contributed by atoms with Gasteiger partial charge >= 0.3 is 0 Å². The maximum atomic E-state index is 11.8. The highest BCUT2D eigenvalue weighted by molar-refractivity contribution is 6.07. The molecular weight excluding hydrogens is 186 g/mol. The van der Waals surface area contributed by atoms with E-state index >= 15 is 0 Å². The fraction of sp³-hybridized carbons (Fsp3) is 0.0769. The molecule has 2 aromatic rings. The normalized spacial score (nSPS) is 10.1. The van der Waals surface area contributed by atoms with Gasteiger partial charge in [0.15, 0.2) is 5.78 Å². The predicted molar refractivity (Wildman–Crippen MR) is 60.9 cm³/mol. The highest BCUT2D eigenvalue weighted by Crippen LogP contribution is 2.17. The zero-order chi connectivity index (χ0) is 10.7. The lowest BCUT2D eigenvalue weighted by Crippen LogP contribution is -1.98. The second-order valence-corrected chi connectivity index (χ2v) is 3.29. The van der Waals surface area contributed by atoms with Gasteiger partial charge in [-0.25, -0.2) is 0 Å². The zero-order valence-electron chi connectivity index (χ0n) is 8.31. The van der Waals surface area contributed by atoms with E-state index in [0.717, 1.165) is 16.5 Å². The number of pyridine rings is 1. The molecule has 0 aliphatic heterocycles. The number of hydrogen-bond acceptors (Lipinski definition) is 2. The molecule has 0 bridgehead atoms. The van der Waals surface area contributed by atoms with Gasteiger partial charge in [0.1, 0.15) is 0 Å². The van der Waals surface area contributed by atoms with Gasteiger partial charge in [-0.3, -0.25) is 9.78 Å².